The van der Waals surface area contributed by atoms with Crippen molar-refractivity contribution < 1.29 is 14.0 Å². The van der Waals surface area contributed by atoms with E-state index in [1.807, 2.05) is 51.0 Å². The van der Waals surface area contributed by atoms with E-state index in [1.54, 1.807) is 17.0 Å². The van der Waals surface area contributed by atoms with Gasteiger partial charge in [-0.15, -0.1) is 0 Å². The molecule has 0 unspecified atom stereocenters. The van der Waals surface area contributed by atoms with Gasteiger partial charge in [0.25, 0.3) is 0 Å². The Morgan fingerprint density at radius 2 is 1.60 bits per heavy atom. The second-order valence-corrected chi connectivity index (χ2v) is 7.04. The molecule has 0 aliphatic heterocycles. The predicted octanol–water partition coefficient (Wildman–Crippen LogP) is 3.76. The van der Waals surface area contributed by atoms with Crippen LogP contribution in [0.1, 0.15) is 25.0 Å². The summed E-state index contributed by atoms with van der Waals surface area (Å²) in [5.41, 5.74) is 3.28. The number of nitrogens with one attached hydrogen (secondary N) is 3. The number of hydrogen-bond acceptors (Lipinski definition) is 3. The largest absolute Gasteiger partial charge is 0.377 e. The van der Waals surface area contributed by atoms with Crippen LogP contribution >= 0.6 is 0 Å². The monoisotopic (exact) mass is 415 g/mol. The summed E-state index contributed by atoms with van der Waals surface area (Å²) in [4.78, 5) is 28.2. The maximum atomic E-state index is 13.3. The summed E-state index contributed by atoms with van der Waals surface area (Å²) in [7, 11) is 3.85. The van der Waals surface area contributed by atoms with E-state index in [0.29, 0.717) is 31.9 Å². The first-order chi connectivity index (χ1) is 14.3. The van der Waals surface area contributed by atoms with Gasteiger partial charge in [0, 0.05) is 51.6 Å². The fourth-order valence-corrected chi connectivity index (χ4v) is 3.04. The van der Waals surface area contributed by atoms with Crippen molar-refractivity contribution in [3.63, 3.8) is 0 Å². The van der Waals surface area contributed by atoms with E-state index in [9.17, 15) is 14.0 Å². The molecule has 4 amide bonds. The predicted molar refractivity (Wildman–Crippen MR) is 118 cm³/mol. The number of urea groups is 2. The highest BCUT2D eigenvalue weighted by atomic mass is 19.1. The lowest BCUT2D eigenvalue weighted by molar-refractivity contribution is 0.193. The molecule has 0 aromatic heterocycles. The van der Waals surface area contributed by atoms with Crippen LogP contribution in [0.15, 0.2) is 42.5 Å². The number of benzene rings is 2. The number of halogens is 1. The third kappa shape index (κ3) is 6.65. The van der Waals surface area contributed by atoms with Gasteiger partial charge in [-0.2, -0.15) is 0 Å². The third-order valence-electron chi connectivity index (χ3n) is 4.42. The molecular weight excluding hydrogens is 385 g/mol. The van der Waals surface area contributed by atoms with Crippen LogP contribution < -0.4 is 20.9 Å². The fourth-order valence-electron chi connectivity index (χ4n) is 3.04. The van der Waals surface area contributed by atoms with Gasteiger partial charge in [0.05, 0.1) is 0 Å². The Bertz CT molecular complexity index is 855. The quantitative estimate of drug-likeness (QED) is 0.614. The summed E-state index contributed by atoms with van der Waals surface area (Å²) in [6.07, 6.45) is 0. The number of anilines is 2. The van der Waals surface area contributed by atoms with Crippen molar-refractivity contribution in [2.45, 2.75) is 26.9 Å². The average Bonchev–Trinajstić information content (AvgIpc) is 2.69. The zero-order valence-corrected chi connectivity index (χ0v) is 18.0. The Morgan fingerprint density at radius 3 is 2.20 bits per heavy atom. The van der Waals surface area contributed by atoms with E-state index in [-0.39, 0.29) is 17.9 Å². The third-order valence-corrected chi connectivity index (χ3v) is 4.42. The van der Waals surface area contributed by atoms with Gasteiger partial charge in [0.15, 0.2) is 0 Å². The van der Waals surface area contributed by atoms with Gasteiger partial charge in [-0.3, -0.25) is 0 Å². The molecule has 0 spiro atoms. The van der Waals surface area contributed by atoms with Crippen LogP contribution in [-0.2, 0) is 13.1 Å². The Labute approximate surface area is 177 Å². The smallest absolute Gasteiger partial charge is 0.319 e. The molecular formula is C22H30FN5O2. The van der Waals surface area contributed by atoms with Crippen LogP contribution in [0.4, 0.5) is 25.4 Å². The number of carbonyl (C=O) groups excluding carboxylic acids is 2. The molecule has 0 saturated carbocycles. The van der Waals surface area contributed by atoms with Crippen LogP contribution in [0.5, 0.6) is 0 Å². The van der Waals surface area contributed by atoms with Crippen molar-refractivity contribution in [2.24, 2.45) is 0 Å². The molecule has 2 aromatic rings. The van der Waals surface area contributed by atoms with E-state index in [0.717, 1.165) is 16.8 Å². The fraction of sp³-hybridized carbons (Fsp3) is 0.364. The summed E-state index contributed by atoms with van der Waals surface area (Å²) in [5.74, 6) is -0.317. The SMILES string of the molecule is CCNC(=O)Nc1ccc(N(C)C)c(CN(Cc2ccc(F)cc2)C(=O)NCC)c1. The van der Waals surface area contributed by atoms with Crippen LogP contribution in [0.3, 0.4) is 0 Å². The molecule has 0 radical (unpaired) electrons. The molecule has 7 nitrogen and oxygen atoms in total. The van der Waals surface area contributed by atoms with Crippen molar-refractivity contribution in [3.8, 4) is 0 Å². The molecule has 0 heterocycles. The van der Waals surface area contributed by atoms with E-state index in [1.165, 1.54) is 12.1 Å². The Morgan fingerprint density at radius 1 is 0.933 bits per heavy atom. The van der Waals surface area contributed by atoms with Crippen molar-refractivity contribution in [3.05, 3.63) is 59.4 Å². The highest BCUT2D eigenvalue weighted by Crippen LogP contribution is 2.25. The topological polar surface area (TPSA) is 76.7 Å². The second kappa shape index (κ2) is 11.0. The van der Waals surface area contributed by atoms with Gasteiger partial charge in [-0.05, 0) is 55.3 Å². The molecule has 0 fully saturated rings. The van der Waals surface area contributed by atoms with Gasteiger partial charge in [-0.25, -0.2) is 14.0 Å². The van der Waals surface area contributed by atoms with Crippen molar-refractivity contribution in [1.82, 2.24) is 15.5 Å². The second-order valence-electron chi connectivity index (χ2n) is 7.04. The number of carbonyl (C=O) groups is 2. The zero-order valence-electron chi connectivity index (χ0n) is 18.0. The van der Waals surface area contributed by atoms with Gasteiger partial charge in [0.1, 0.15) is 5.82 Å². The molecule has 2 aromatic carbocycles. The van der Waals surface area contributed by atoms with Crippen LogP contribution in [0, 0.1) is 5.82 Å². The van der Waals surface area contributed by atoms with Crippen LogP contribution in [0.25, 0.3) is 0 Å². The lowest BCUT2D eigenvalue weighted by atomic mass is 10.1. The number of rotatable bonds is 8. The van der Waals surface area contributed by atoms with E-state index in [4.69, 9.17) is 0 Å². The summed E-state index contributed by atoms with van der Waals surface area (Å²) in [6.45, 7) is 5.37. The normalized spacial score (nSPS) is 10.3. The molecule has 3 N–H and O–H groups in total. The summed E-state index contributed by atoms with van der Waals surface area (Å²) in [5, 5.41) is 8.33. The van der Waals surface area contributed by atoms with E-state index in [2.05, 4.69) is 16.0 Å². The molecule has 2 rings (SSSR count). The molecule has 0 bridgehead atoms. The summed E-state index contributed by atoms with van der Waals surface area (Å²) in [6, 6.07) is 11.2. The summed E-state index contributed by atoms with van der Waals surface area (Å²) < 4.78 is 13.3. The van der Waals surface area contributed by atoms with Crippen molar-refractivity contribution >= 4 is 23.4 Å². The molecule has 162 valence electrons. The number of amides is 4. The summed E-state index contributed by atoms with van der Waals surface area (Å²) >= 11 is 0. The molecule has 30 heavy (non-hydrogen) atoms. The van der Waals surface area contributed by atoms with Crippen LogP contribution in [0.2, 0.25) is 0 Å². The average molecular weight is 416 g/mol. The Kier molecular flexibility index (Phi) is 8.46. The Balaban J connectivity index is 2.31. The first-order valence-electron chi connectivity index (χ1n) is 9.96. The standard InChI is InChI=1S/C22H30FN5O2/c1-5-24-21(29)26-19-11-12-20(27(3)4)17(13-19)15-28(22(30)25-6-2)14-16-7-9-18(23)10-8-16/h7-13H,5-6,14-15H2,1-4H3,(H,25,30)(H2,24,26,29). The minimum atomic E-state index is -0.317. The van der Waals surface area contributed by atoms with Crippen LogP contribution in [-0.4, -0.2) is 44.1 Å². The van der Waals surface area contributed by atoms with Gasteiger partial charge in [-0.1, -0.05) is 12.1 Å². The zero-order chi connectivity index (χ0) is 22.1. The molecule has 0 atom stereocenters. The van der Waals surface area contributed by atoms with Gasteiger partial charge >= 0.3 is 12.1 Å². The number of hydrogen-bond donors (Lipinski definition) is 3. The van der Waals surface area contributed by atoms with E-state index < -0.39 is 0 Å². The van der Waals surface area contributed by atoms with Gasteiger partial charge in [0.2, 0.25) is 0 Å². The maximum absolute atomic E-state index is 13.3. The van der Waals surface area contributed by atoms with Crippen molar-refractivity contribution in [1.29, 1.82) is 0 Å². The number of nitrogens with zero attached hydrogens (tertiary/aromatic N) is 2. The lowest BCUT2D eigenvalue weighted by Crippen LogP contribution is -2.39. The Hall–Kier alpha value is -3.29. The molecule has 0 saturated heterocycles. The highest BCUT2D eigenvalue weighted by molar-refractivity contribution is 5.89. The molecule has 0 aliphatic rings. The minimum Gasteiger partial charge on any atom is -0.377 e. The molecule has 0 aliphatic carbocycles. The first kappa shape index (κ1) is 23.0. The van der Waals surface area contributed by atoms with Crippen molar-refractivity contribution in [2.75, 3.05) is 37.4 Å². The lowest BCUT2D eigenvalue weighted by Gasteiger charge is -2.26. The molecule has 8 heteroatoms. The minimum absolute atomic E-state index is 0.214. The van der Waals surface area contributed by atoms with E-state index >= 15 is 0 Å². The van der Waals surface area contributed by atoms with Gasteiger partial charge < -0.3 is 25.8 Å². The highest BCUT2D eigenvalue weighted by Gasteiger charge is 2.17. The maximum Gasteiger partial charge on any atom is 0.319 e. The first-order valence-corrected chi connectivity index (χ1v) is 9.96.